The van der Waals surface area contributed by atoms with Crippen molar-refractivity contribution in [3.8, 4) is 11.5 Å². The summed E-state index contributed by atoms with van der Waals surface area (Å²) in [6.07, 6.45) is 0. The molecule has 19 heavy (non-hydrogen) atoms. The number of rotatable bonds is 3. The van der Waals surface area contributed by atoms with E-state index in [1.807, 2.05) is 19.1 Å². The van der Waals surface area contributed by atoms with Crippen LogP contribution in [0.25, 0.3) is 0 Å². The van der Waals surface area contributed by atoms with E-state index in [1.165, 1.54) is 12.1 Å². The third-order valence-corrected chi connectivity index (χ3v) is 3.53. The molecule has 0 radical (unpaired) electrons. The molecule has 0 aliphatic rings. The molecular weight excluding hydrogens is 333 g/mol. The Morgan fingerprint density at radius 2 is 2.00 bits per heavy atom. The Morgan fingerprint density at radius 3 is 2.58 bits per heavy atom. The molecule has 100 valence electrons. The van der Waals surface area contributed by atoms with Crippen LogP contribution in [0.1, 0.15) is 18.5 Å². The fourth-order valence-corrected chi connectivity index (χ4v) is 2.15. The molecule has 0 fully saturated rings. The second kappa shape index (κ2) is 5.90. The van der Waals surface area contributed by atoms with Gasteiger partial charge in [-0.3, -0.25) is 0 Å². The van der Waals surface area contributed by atoms with Crippen molar-refractivity contribution in [1.29, 1.82) is 0 Å². The van der Waals surface area contributed by atoms with Gasteiger partial charge in [-0.05, 0) is 52.7 Å². The van der Waals surface area contributed by atoms with E-state index >= 15 is 0 Å². The second-order valence-corrected chi connectivity index (χ2v) is 5.42. The average molecular weight is 345 g/mol. The lowest BCUT2D eigenvalue weighted by Gasteiger charge is -2.11. The standard InChI is InChI=1S/C14H12BrClFNO/c1-8(18)9-2-5-14(11(15)6-9)19-10-3-4-12(16)13(17)7-10/h2-8H,18H2,1H3/t8-/m1/s1. The molecule has 2 N–H and O–H groups in total. The highest BCUT2D eigenvalue weighted by Crippen LogP contribution is 2.32. The maximum Gasteiger partial charge on any atom is 0.145 e. The van der Waals surface area contributed by atoms with Gasteiger partial charge >= 0.3 is 0 Å². The maximum absolute atomic E-state index is 13.3. The molecule has 1 atom stereocenters. The van der Waals surface area contributed by atoms with Gasteiger partial charge in [-0.15, -0.1) is 0 Å². The third kappa shape index (κ3) is 3.47. The number of benzene rings is 2. The molecule has 2 rings (SSSR count). The molecule has 2 aromatic rings. The highest BCUT2D eigenvalue weighted by Gasteiger charge is 2.08. The minimum absolute atomic E-state index is 0.0571. The monoisotopic (exact) mass is 343 g/mol. The zero-order chi connectivity index (χ0) is 14.0. The van der Waals surface area contributed by atoms with Crippen LogP contribution in [0.2, 0.25) is 5.02 Å². The van der Waals surface area contributed by atoms with E-state index in [-0.39, 0.29) is 11.1 Å². The van der Waals surface area contributed by atoms with Gasteiger partial charge in [0.05, 0.1) is 9.50 Å². The van der Waals surface area contributed by atoms with Crippen LogP contribution in [0.15, 0.2) is 40.9 Å². The largest absolute Gasteiger partial charge is 0.456 e. The molecule has 0 aromatic heterocycles. The number of hydrogen-bond donors (Lipinski definition) is 1. The first-order valence-electron chi connectivity index (χ1n) is 5.65. The van der Waals surface area contributed by atoms with Crippen molar-refractivity contribution >= 4 is 27.5 Å². The number of hydrogen-bond acceptors (Lipinski definition) is 2. The topological polar surface area (TPSA) is 35.2 Å². The van der Waals surface area contributed by atoms with Crippen LogP contribution >= 0.6 is 27.5 Å². The molecule has 0 heterocycles. The number of nitrogens with two attached hydrogens (primary N) is 1. The third-order valence-electron chi connectivity index (χ3n) is 2.60. The molecule has 5 heteroatoms. The van der Waals surface area contributed by atoms with Crippen LogP contribution < -0.4 is 10.5 Å². The molecule has 0 spiro atoms. The van der Waals surface area contributed by atoms with Crippen molar-refractivity contribution in [1.82, 2.24) is 0 Å². The normalized spacial score (nSPS) is 12.3. The van der Waals surface area contributed by atoms with Crippen LogP contribution in [-0.4, -0.2) is 0 Å². The van der Waals surface area contributed by atoms with Crippen molar-refractivity contribution in [2.24, 2.45) is 5.73 Å². The van der Waals surface area contributed by atoms with Gasteiger partial charge < -0.3 is 10.5 Å². The molecular formula is C14H12BrClFNO. The van der Waals surface area contributed by atoms with Gasteiger partial charge in [-0.2, -0.15) is 0 Å². The molecule has 0 aliphatic heterocycles. The quantitative estimate of drug-likeness (QED) is 0.845. The molecule has 2 aromatic carbocycles. The minimum Gasteiger partial charge on any atom is -0.456 e. The predicted molar refractivity (Wildman–Crippen MR) is 78.2 cm³/mol. The van der Waals surface area contributed by atoms with Crippen LogP contribution in [0.3, 0.4) is 0 Å². The fourth-order valence-electron chi connectivity index (χ4n) is 1.55. The van der Waals surface area contributed by atoms with Crippen molar-refractivity contribution in [2.75, 3.05) is 0 Å². The summed E-state index contributed by atoms with van der Waals surface area (Å²) < 4.78 is 19.7. The summed E-state index contributed by atoms with van der Waals surface area (Å²) >= 11 is 9.02. The van der Waals surface area contributed by atoms with Gasteiger partial charge in [0.2, 0.25) is 0 Å². The average Bonchev–Trinajstić information content (AvgIpc) is 2.36. The lowest BCUT2D eigenvalue weighted by Crippen LogP contribution is -2.04. The summed E-state index contributed by atoms with van der Waals surface area (Å²) in [5.74, 6) is 0.463. The zero-order valence-corrected chi connectivity index (χ0v) is 12.5. The first-order valence-corrected chi connectivity index (χ1v) is 6.82. The summed E-state index contributed by atoms with van der Waals surface area (Å²) in [4.78, 5) is 0. The van der Waals surface area contributed by atoms with Crippen LogP contribution in [0.5, 0.6) is 11.5 Å². The minimum atomic E-state index is -0.512. The Balaban J connectivity index is 2.25. The van der Waals surface area contributed by atoms with E-state index in [9.17, 15) is 4.39 Å². The van der Waals surface area contributed by atoms with Crippen molar-refractivity contribution in [2.45, 2.75) is 13.0 Å². The summed E-state index contributed by atoms with van der Waals surface area (Å²) in [5.41, 5.74) is 6.78. The Bertz CT molecular complexity index is 604. The lowest BCUT2D eigenvalue weighted by atomic mass is 10.1. The summed E-state index contributed by atoms with van der Waals surface area (Å²) in [5, 5.41) is 0.0683. The molecule has 2 nitrogen and oxygen atoms in total. The van der Waals surface area contributed by atoms with E-state index in [0.717, 1.165) is 10.0 Å². The summed E-state index contributed by atoms with van der Waals surface area (Å²) in [6, 6.07) is 9.79. The van der Waals surface area contributed by atoms with E-state index in [1.54, 1.807) is 12.1 Å². The van der Waals surface area contributed by atoms with Crippen molar-refractivity contribution in [3.63, 3.8) is 0 Å². The molecule has 0 saturated heterocycles. The molecule has 0 unspecified atom stereocenters. The Hall–Kier alpha value is -1.10. The van der Waals surface area contributed by atoms with Gasteiger partial charge in [0.15, 0.2) is 0 Å². The number of halogens is 3. The molecule has 0 amide bonds. The number of ether oxygens (including phenoxy) is 1. The zero-order valence-electron chi connectivity index (χ0n) is 10.2. The van der Waals surface area contributed by atoms with Crippen LogP contribution in [0, 0.1) is 5.82 Å². The van der Waals surface area contributed by atoms with Crippen molar-refractivity contribution < 1.29 is 9.13 Å². The van der Waals surface area contributed by atoms with Gasteiger partial charge in [0.1, 0.15) is 17.3 Å². The van der Waals surface area contributed by atoms with Crippen LogP contribution in [-0.2, 0) is 0 Å². The molecule has 0 saturated carbocycles. The fraction of sp³-hybridized carbons (Fsp3) is 0.143. The van der Waals surface area contributed by atoms with Crippen molar-refractivity contribution in [3.05, 3.63) is 57.3 Å². The molecule has 0 bridgehead atoms. The lowest BCUT2D eigenvalue weighted by molar-refractivity contribution is 0.473. The van der Waals surface area contributed by atoms with E-state index in [0.29, 0.717) is 11.5 Å². The van der Waals surface area contributed by atoms with Crippen LogP contribution in [0.4, 0.5) is 4.39 Å². The SMILES string of the molecule is C[C@@H](N)c1ccc(Oc2ccc(Cl)c(F)c2)c(Br)c1. The van der Waals surface area contributed by atoms with Gasteiger partial charge in [-0.1, -0.05) is 17.7 Å². The van der Waals surface area contributed by atoms with Gasteiger partial charge in [0, 0.05) is 12.1 Å². The van der Waals surface area contributed by atoms with E-state index < -0.39 is 5.82 Å². The first kappa shape index (κ1) is 14.3. The summed E-state index contributed by atoms with van der Waals surface area (Å²) in [6.45, 7) is 1.90. The Morgan fingerprint density at radius 1 is 1.26 bits per heavy atom. The molecule has 0 aliphatic carbocycles. The first-order chi connectivity index (χ1) is 8.97. The summed E-state index contributed by atoms with van der Waals surface area (Å²) in [7, 11) is 0. The predicted octanol–water partition coefficient (Wildman–Crippen LogP) is 5.05. The Kier molecular flexibility index (Phi) is 4.45. The van der Waals surface area contributed by atoms with Gasteiger partial charge in [0.25, 0.3) is 0 Å². The van der Waals surface area contributed by atoms with E-state index in [4.69, 9.17) is 22.1 Å². The Labute approximate surface area is 124 Å². The van der Waals surface area contributed by atoms with Gasteiger partial charge in [-0.25, -0.2) is 4.39 Å². The highest BCUT2D eigenvalue weighted by molar-refractivity contribution is 9.10. The highest BCUT2D eigenvalue weighted by atomic mass is 79.9. The second-order valence-electron chi connectivity index (χ2n) is 4.16. The smallest absolute Gasteiger partial charge is 0.145 e. The maximum atomic E-state index is 13.3. The van der Waals surface area contributed by atoms with E-state index in [2.05, 4.69) is 15.9 Å².